The van der Waals surface area contributed by atoms with Crippen LogP contribution in [0.5, 0.6) is 0 Å². The number of amides is 13. The van der Waals surface area contributed by atoms with Gasteiger partial charge in [0.25, 0.3) is 0 Å². The summed E-state index contributed by atoms with van der Waals surface area (Å²) in [6, 6.07) is -19.4. The van der Waals surface area contributed by atoms with Crippen LogP contribution in [0.25, 0.3) is 0 Å². The zero-order valence-electron chi connectivity index (χ0n) is 73.4. The number of carboxylic acids is 7. The van der Waals surface area contributed by atoms with Crippen LogP contribution in [0, 0.1) is 17.8 Å². The van der Waals surface area contributed by atoms with E-state index in [2.05, 4.69) is 73.8 Å². The molecule has 35 N–H and O–H groups in total. The van der Waals surface area contributed by atoms with Crippen molar-refractivity contribution in [3.8, 4) is 0 Å². The first-order chi connectivity index (χ1) is 60.8. The highest BCUT2D eigenvalue weighted by Crippen LogP contribution is 2.18. The van der Waals surface area contributed by atoms with E-state index < -0.39 is 260 Å². The molecule has 0 aromatic heterocycles. The Balaban J connectivity index is -0.00000167. The molecule has 133 heavy (non-hydrogen) atoms. The predicted molar refractivity (Wildman–Crippen MR) is 437 cm³/mol. The molecule has 0 aromatic rings. The van der Waals surface area contributed by atoms with Crippen molar-refractivity contribution >= 4 is 130 Å². The maximum absolute atomic E-state index is 14.6. The largest absolute Gasteiger partial charge is 0.490 e. The van der Waals surface area contributed by atoms with Crippen LogP contribution in [0.15, 0.2) is 9.98 Å². The fourth-order valence-electron chi connectivity index (χ4n) is 9.99. The van der Waals surface area contributed by atoms with Gasteiger partial charge >= 0.3 is 66.5 Å². The van der Waals surface area contributed by atoms with Gasteiger partial charge in [0.05, 0.1) is 12.5 Å². The van der Waals surface area contributed by atoms with Gasteiger partial charge in [0.15, 0.2) is 11.9 Å². The van der Waals surface area contributed by atoms with Crippen LogP contribution in [0.3, 0.4) is 0 Å². The van der Waals surface area contributed by atoms with Gasteiger partial charge in [-0.2, -0.15) is 52.7 Å². The molecule has 0 spiro atoms. The molecule has 0 rings (SSSR count). The summed E-state index contributed by atoms with van der Waals surface area (Å²) in [4.78, 5) is 257. The molecule has 0 aliphatic carbocycles. The Morgan fingerprint density at radius 2 is 0.564 bits per heavy atom. The molecule has 0 radical (unpaired) electrons. The van der Waals surface area contributed by atoms with Gasteiger partial charge in [-0.25, -0.2) is 24.0 Å². The van der Waals surface area contributed by atoms with E-state index in [1.54, 1.807) is 27.7 Å². The van der Waals surface area contributed by atoms with E-state index in [9.17, 15) is 145 Å². The molecule has 49 nitrogen and oxygen atoms in total. The quantitative estimate of drug-likeness (QED) is 0.0118. The summed E-state index contributed by atoms with van der Waals surface area (Å²) < 4.78 is 127. The average Bonchev–Trinajstić information content (AvgIpc) is 0.852. The number of unbranched alkanes of at least 4 members (excludes halogenated alkanes) is 2. The molecule has 0 aromatic carbocycles. The van der Waals surface area contributed by atoms with Crippen molar-refractivity contribution in [1.29, 1.82) is 0 Å². The van der Waals surface area contributed by atoms with Gasteiger partial charge in [-0.1, -0.05) is 48.0 Å². The molecular formula is C72H120F12N22O27. The zero-order valence-corrected chi connectivity index (χ0v) is 73.4. The molecular weight excluding hydrogens is 1830 g/mol. The number of carbonyl (C=O) groups is 20. The number of hydrogen-bond donors (Lipinski definition) is 27. The number of carbonyl (C=O) groups excluding carboxylic acids is 13. The number of carboxylic acid groups (broad SMARTS) is 7. The molecule has 0 aliphatic rings. The van der Waals surface area contributed by atoms with Crippen LogP contribution in [0.1, 0.15) is 171 Å². The second-order valence-electron chi connectivity index (χ2n) is 29.8. The van der Waals surface area contributed by atoms with Crippen LogP contribution in [-0.2, 0) is 95.9 Å². The Kier molecular flexibility index (Phi) is 62.5. The van der Waals surface area contributed by atoms with Gasteiger partial charge in [-0.05, 0) is 135 Å². The number of primary amides is 1. The van der Waals surface area contributed by atoms with Crippen LogP contribution in [0.4, 0.5) is 52.7 Å². The maximum Gasteiger partial charge on any atom is 0.490 e. The van der Waals surface area contributed by atoms with Gasteiger partial charge in [0.2, 0.25) is 76.8 Å². The minimum absolute atomic E-state index is 0.0208. The SMILES string of the molecule is CC(C)C[C@H](NC(=O)[C@H](C)NC(=O)[C@H](CC(=O)O)NC(=O)[C@@H](NC(=O)[C@H](C)NC(=O)[C@H](CCC(=O)O)NC(=O)[C@H](CCC(N)=O)NC(=O)[C@H](CCCN=C(N)N)NC(=O)[C@H](CCCN=C(N)N)NC(=O)[C@H](CC(C)C)NC(=O)[C@H](C)NC(=O)[C@H](CCCCN)NC(=O)[C@@H](N)CCCCN)C(C)C)C(=O)O.O=C(O)C(F)(F)F.O=C(O)C(F)(F)F.O=C(O)C(F)(F)F.O=C(O)C(F)(F)F. The lowest BCUT2D eigenvalue weighted by atomic mass is 10.0. The first kappa shape index (κ1) is 128. The third-order valence-corrected chi connectivity index (χ3v) is 16.8. The molecule has 0 bridgehead atoms. The van der Waals surface area contributed by atoms with E-state index in [1.807, 2.05) is 0 Å². The van der Waals surface area contributed by atoms with E-state index in [0.29, 0.717) is 45.2 Å². The van der Waals surface area contributed by atoms with Gasteiger partial charge in [0.1, 0.15) is 72.5 Å². The molecule has 13 amide bonds. The molecule has 0 aliphatic heterocycles. The van der Waals surface area contributed by atoms with E-state index in [4.69, 9.17) is 85.5 Å². The molecule has 0 saturated heterocycles. The number of aliphatic carboxylic acids is 7. The number of rotatable bonds is 54. The summed E-state index contributed by atoms with van der Waals surface area (Å²) >= 11 is 0. The van der Waals surface area contributed by atoms with E-state index in [1.165, 1.54) is 27.7 Å². The number of nitrogens with one attached hydrogen (secondary N) is 12. The van der Waals surface area contributed by atoms with Crippen molar-refractivity contribution in [2.45, 2.75) is 275 Å². The second-order valence-corrected chi connectivity index (χ2v) is 29.8. The van der Waals surface area contributed by atoms with Gasteiger partial charge in [-0.3, -0.25) is 81.9 Å². The Hall–Kier alpha value is -13.0. The van der Waals surface area contributed by atoms with Crippen molar-refractivity contribution in [3.05, 3.63) is 0 Å². The maximum atomic E-state index is 14.6. The number of halogens is 12. The van der Waals surface area contributed by atoms with Crippen molar-refractivity contribution < 1.29 is 184 Å². The number of alkyl halides is 12. The van der Waals surface area contributed by atoms with Crippen LogP contribution in [-0.4, -0.2) is 296 Å². The molecule has 61 heteroatoms. The molecule has 0 fully saturated rings. The minimum Gasteiger partial charge on any atom is -0.481 e. The number of aliphatic imine (C=N–C) groups is 2. The van der Waals surface area contributed by atoms with E-state index >= 15 is 0 Å². The number of nitrogens with zero attached hydrogens (tertiary/aromatic N) is 2. The van der Waals surface area contributed by atoms with Gasteiger partial charge < -0.3 is 145 Å². The topological polar surface area (TPSA) is 860 Å². The standard InChI is InChI=1S/C64H116N22O19.4C2HF3O2/c1-31(2)28-43(83-50(92)34(7)75-54(96)38(17-11-13-25-66)78-53(95)37(67)16-10-12-24-65)60(102)80-40(19-15-27-74-64(71)72)56(98)79-39(18-14-26-73-63(69)70)57(99)81-41(20-22-46(68)87)58(100)82-42(21-23-47(88)89)55(97)76-36(9)52(94)86-49(33(5)6)61(103)84-44(30-48(90)91)59(101)77-35(8)51(93)85-45(62(104)105)29-32(3)4;4*3-2(4,5)1(6)7/h31-45,49H,10-30,65-67H2,1-9H3,(H2,68,87)(H,75,96)(H,76,97)(H,77,101)(H,78,95)(H,79,98)(H,80,102)(H,81,99)(H,82,100)(H,83,92)(H,84,103)(H,85,93)(H,86,94)(H,88,89)(H,90,91)(H,104,105)(H4,69,70,73)(H4,71,72,74);4*(H,6,7)/t34-,35-,36-,37-,38-,39-,40-,41-,42-,43-,44-,45-,49-;;;;/m0..../s1. The lowest BCUT2D eigenvalue weighted by Crippen LogP contribution is -2.61. The van der Waals surface area contributed by atoms with Crippen LogP contribution in [0.2, 0.25) is 0 Å². The first-order valence-corrected chi connectivity index (χ1v) is 39.9. The highest BCUT2D eigenvalue weighted by Gasteiger charge is 2.43. The Morgan fingerprint density at radius 3 is 0.857 bits per heavy atom. The number of hydrogen-bond acceptors (Lipinski definition) is 25. The number of guanidine groups is 2. The molecule has 0 heterocycles. The Morgan fingerprint density at radius 1 is 0.301 bits per heavy atom. The van der Waals surface area contributed by atoms with Crippen LogP contribution < -0.4 is 110 Å². The zero-order chi connectivity index (χ0) is 105. The summed E-state index contributed by atoms with van der Waals surface area (Å²) in [6.45, 7) is 14.0. The summed E-state index contributed by atoms with van der Waals surface area (Å²) in [5.41, 5.74) is 45.0. The molecule has 0 saturated carbocycles. The molecule has 13 atom stereocenters. The lowest BCUT2D eigenvalue weighted by molar-refractivity contribution is -0.193. The van der Waals surface area contributed by atoms with Gasteiger partial charge in [0, 0.05) is 25.9 Å². The highest BCUT2D eigenvalue weighted by atomic mass is 19.4. The smallest absolute Gasteiger partial charge is 0.481 e. The summed E-state index contributed by atoms with van der Waals surface area (Å²) in [5, 5.41) is 86.6. The number of nitrogens with two attached hydrogens (primary N) is 8. The Bertz CT molecular complexity index is 3800. The molecule has 764 valence electrons. The van der Waals surface area contributed by atoms with E-state index in [0.717, 1.165) is 6.92 Å². The van der Waals surface area contributed by atoms with Crippen molar-refractivity contribution in [3.63, 3.8) is 0 Å². The third-order valence-electron chi connectivity index (χ3n) is 16.8. The Labute approximate surface area is 751 Å². The van der Waals surface area contributed by atoms with Crippen molar-refractivity contribution in [2.75, 3.05) is 26.2 Å². The van der Waals surface area contributed by atoms with Crippen LogP contribution >= 0.6 is 0 Å². The summed E-state index contributed by atoms with van der Waals surface area (Å²) in [6.07, 6.45) is -21.9. The third kappa shape index (κ3) is 62.8. The minimum atomic E-state index is -5.08. The van der Waals surface area contributed by atoms with E-state index in [-0.39, 0.29) is 81.8 Å². The normalized spacial score (nSPS) is 14.1. The second kappa shape index (κ2) is 64.7. The summed E-state index contributed by atoms with van der Waals surface area (Å²) in [5.74, 6) is -30.2. The predicted octanol–water partition coefficient (Wildman–Crippen LogP) is -4.47. The average molecular weight is 1950 g/mol. The van der Waals surface area contributed by atoms with Crippen molar-refractivity contribution in [1.82, 2.24) is 63.8 Å². The molecule has 0 unspecified atom stereocenters. The van der Waals surface area contributed by atoms with Gasteiger partial charge in [-0.15, -0.1) is 0 Å². The fraction of sp³-hybridized carbons (Fsp3) is 0.694. The first-order valence-electron chi connectivity index (χ1n) is 39.9. The van der Waals surface area contributed by atoms with Crippen molar-refractivity contribution in [2.24, 2.45) is 73.6 Å². The monoisotopic (exact) mass is 1950 g/mol. The fourth-order valence-corrected chi connectivity index (χ4v) is 9.99. The lowest BCUT2D eigenvalue weighted by Gasteiger charge is -2.28. The highest BCUT2D eigenvalue weighted by molar-refractivity contribution is 6.00. The summed E-state index contributed by atoms with van der Waals surface area (Å²) in [7, 11) is 0.